The number of anilines is 5. The molecule has 172 valence electrons. The third-order valence-corrected chi connectivity index (χ3v) is 9.09. The van der Waals surface area contributed by atoms with Gasteiger partial charge in [0.2, 0.25) is 0 Å². The predicted octanol–water partition coefficient (Wildman–Crippen LogP) is 6.91. The summed E-state index contributed by atoms with van der Waals surface area (Å²) >= 11 is -0.0663. The Hall–Kier alpha value is -4.18. The fourth-order valence-corrected chi connectivity index (χ4v) is 7.25. The Kier molecular flexibility index (Phi) is 4.65. The van der Waals surface area contributed by atoms with E-state index < -0.39 is 0 Å². The fourth-order valence-electron chi connectivity index (χ4n) is 5.19. The zero-order valence-corrected chi connectivity index (χ0v) is 21.1. The van der Waals surface area contributed by atoms with E-state index in [0.717, 1.165) is 38.0 Å². The van der Waals surface area contributed by atoms with Gasteiger partial charge in [0.05, 0.1) is 0 Å². The normalized spacial score (nSPS) is 14.2. The number of hydrogen-bond donors (Lipinski definition) is 0. The first kappa shape index (κ1) is 21.1. The van der Waals surface area contributed by atoms with Crippen LogP contribution in [0.5, 0.6) is 0 Å². The van der Waals surface area contributed by atoms with Crippen LogP contribution in [0.3, 0.4) is 0 Å². The number of fused-ring (bicyclic) bond motifs is 4. The molecule has 0 bridgehead atoms. The van der Waals surface area contributed by atoms with E-state index in [0.29, 0.717) is 11.1 Å². The van der Waals surface area contributed by atoms with Crippen LogP contribution in [0, 0.1) is 0 Å². The molecule has 0 atom stereocenters. The number of carbonyl (C=O) groups excluding carboxylic acids is 2. The predicted molar refractivity (Wildman–Crippen MR) is 147 cm³/mol. The second-order valence-corrected chi connectivity index (χ2v) is 11.3. The van der Waals surface area contributed by atoms with Crippen LogP contribution in [0.1, 0.15) is 25.2 Å². The standard InChI is InChI=1S/C31H20N2O2Se/c1-32-25-10-4-6-12-27(25)33(28-13-7-5-11-26(28)32)29-15-14-21(36-29)18-24-30(34)22-16-19-8-2-3-9-20(19)17-23(22)31(24)35/h2-18H,1H3. The number of hydrogen-bond acceptors (Lipinski definition) is 4. The molecule has 5 aromatic rings. The van der Waals surface area contributed by atoms with Crippen molar-refractivity contribution >= 4 is 70.2 Å². The topological polar surface area (TPSA) is 40.6 Å². The summed E-state index contributed by atoms with van der Waals surface area (Å²) in [4.78, 5) is 31.0. The first-order valence-corrected chi connectivity index (χ1v) is 13.5. The first-order valence-electron chi connectivity index (χ1n) is 11.8. The van der Waals surface area contributed by atoms with Crippen molar-refractivity contribution in [2.45, 2.75) is 0 Å². The summed E-state index contributed by atoms with van der Waals surface area (Å²) in [7, 11) is 2.09. The van der Waals surface area contributed by atoms with Crippen LogP contribution >= 0.6 is 0 Å². The summed E-state index contributed by atoms with van der Waals surface area (Å²) in [5.41, 5.74) is 5.81. The molecule has 36 heavy (non-hydrogen) atoms. The molecular formula is C31H20N2O2Se. The summed E-state index contributed by atoms with van der Waals surface area (Å²) in [5, 5.41) is 1.94. The molecule has 0 N–H and O–H groups in total. The molecule has 4 aromatic carbocycles. The quantitative estimate of drug-likeness (QED) is 0.141. The molecule has 0 saturated heterocycles. The molecule has 0 saturated carbocycles. The monoisotopic (exact) mass is 532 g/mol. The molecule has 0 radical (unpaired) electrons. The Morgan fingerprint density at radius 2 is 1.14 bits per heavy atom. The SMILES string of the molecule is CN1c2ccccc2N(c2ccc(C=C3C(=O)c4cc5ccccc5cc4C3=O)[se]2)c2ccccc21. The van der Waals surface area contributed by atoms with Gasteiger partial charge in [0, 0.05) is 0 Å². The van der Waals surface area contributed by atoms with Crippen LogP contribution in [0.15, 0.2) is 103 Å². The third-order valence-electron chi connectivity index (χ3n) is 6.95. The van der Waals surface area contributed by atoms with Crippen molar-refractivity contribution in [2.75, 3.05) is 16.8 Å². The van der Waals surface area contributed by atoms with Crippen molar-refractivity contribution in [2.24, 2.45) is 0 Å². The summed E-state index contributed by atoms with van der Waals surface area (Å²) in [6.45, 7) is 0. The van der Waals surface area contributed by atoms with Crippen molar-refractivity contribution in [3.05, 3.63) is 118 Å². The van der Waals surface area contributed by atoms with Gasteiger partial charge in [-0.25, -0.2) is 0 Å². The molecule has 1 aromatic heterocycles. The van der Waals surface area contributed by atoms with Crippen LogP contribution in [0.25, 0.3) is 16.8 Å². The Morgan fingerprint density at radius 1 is 0.639 bits per heavy atom. The van der Waals surface area contributed by atoms with Crippen molar-refractivity contribution in [1.82, 2.24) is 0 Å². The van der Waals surface area contributed by atoms with Gasteiger partial charge in [0.1, 0.15) is 0 Å². The Balaban J connectivity index is 1.30. The first-order chi connectivity index (χ1) is 17.6. The molecular weight excluding hydrogens is 511 g/mol. The van der Waals surface area contributed by atoms with E-state index in [1.807, 2.05) is 48.5 Å². The van der Waals surface area contributed by atoms with Gasteiger partial charge in [-0.05, 0) is 0 Å². The average molecular weight is 531 g/mol. The molecule has 2 aliphatic rings. The molecule has 0 amide bonds. The van der Waals surface area contributed by atoms with E-state index in [4.69, 9.17) is 0 Å². The zero-order valence-electron chi connectivity index (χ0n) is 19.4. The van der Waals surface area contributed by atoms with Crippen LogP contribution in [-0.2, 0) is 0 Å². The number of rotatable bonds is 2. The van der Waals surface area contributed by atoms with Gasteiger partial charge in [-0.3, -0.25) is 0 Å². The van der Waals surface area contributed by atoms with E-state index >= 15 is 0 Å². The van der Waals surface area contributed by atoms with Gasteiger partial charge in [-0.1, -0.05) is 0 Å². The number of ketones is 2. The van der Waals surface area contributed by atoms with E-state index in [1.165, 1.54) is 4.56 Å². The minimum atomic E-state index is -0.179. The van der Waals surface area contributed by atoms with Gasteiger partial charge >= 0.3 is 215 Å². The fraction of sp³-hybridized carbons (Fsp3) is 0.0323. The molecule has 1 aliphatic carbocycles. The minimum absolute atomic E-state index is 0.0663. The second-order valence-electron chi connectivity index (χ2n) is 9.01. The van der Waals surface area contributed by atoms with Crippen molar-refractivity contribution < 1.29 is 9.59 Å². The number of allylic oxidation sites excluding steroid dienone is 1. The van der Waals surface area contributed by atoms with Gasteiger partial charge in [0.25, 0.3) is 0 Å². The van der Waals surface area contributed by atoms with E-state index in [2.05, 4.69) is 71.4 Å². The molecule has 1 aliphatic heterocycles. The average Bonchev–Trinajstić information content (AvgIpc) is 3.46. The zero-order chi connectivity index (χ0) is 24.4. The molecule has 4 nitrogen and oxygen atoms in total. The van der Waals surface area contributed by atoms with Crippen LogP contribution in [0.2, 0.25) is 0 Å². The summed E-state index contributed by atoms with van der Waals surface area (Å²) in [6.07, 6.45) is 1.81. The van der Waals surface area contributed by atoms with E-state index in [1.54, 1.807) is 0 Å². The summed E-state index contributed by atoms with van der Waals surface area (Å²) in [5.74, 6) is -0.359. The van der Waals surface area contributed by atoms with Crippen LogP contribution in [0.4, 0.5) is 27.3 Å². The molecule has 0 fully saturated rings. The van der Waals surface area contributed by atoms with Gasteiger partial charge in [0.15, 0.2) is 0 Å². The molecule has 0 spiro atoms. The number of carbonyl (C=O) groups is 2. The second kappa shape index (κ2) is 7.92. The Labute approximate surface area is 214 Å². The van der Waals surface area contributed by atoms with Crippen LogP contribution in [-0.4, -0.2) is 33.1 Å². The number of nitrogens with zero attached hydrogens (tertiary/aromatic N) is 2. The molecule has 5 heteroatoms. The van der Waals surface area contributed by atoms with Crippen molar-refractivity contribution in [3.8, 4) is 0 Å². The summed E-state index contributed by atoms with van der Waals surface area (Å²) < 4.78 is 2.18. The maximum absolute atomic E-state index is 13.2. The van der Waals surface area contributed by atoms with Gasteiger partial charge < -0.3 is 0 Å². The van der Waals surface area contributed by atoms with Crippen molar-refractivity contribution in [1.29, 1.82) is 0 Å². The maximum atomic E-state index is 13.2. The van der Waals surface area contributed by atoms with Gasteiger partial charge in [-0.2, -0.15) is 0 Å². The summed E-state index contributed by atoms with van der Waals surface area (Å²) in [6, 6.07) is 32.5. The van der Waals surface area contributed by atoms with E-state index in [9.17, 15) is 9.59 Å². The number of benzene rings is 4. The molecule has 2 heterocycles. The van der Waals surface area contributed by atoms with E-state index in [-0.39, 0.29) is 31.6 Å². The third kappa shape index (κ3) is 3.07. The van der Waals surface area contributed by atoms with Gasteiger partial charge in [-0.15, -0.1) is 0 Å². The molecule has 0 unspecified atom stereocenters. The molecule has 7 rings (SSSR count). The number of Topliss-reactive ketones (excluding diaryl/α,β-unsaturated/α-hetero) is 2. The van der Waals surface area contributed by atoms with Crippen LogP contribution < -0.4 is 9.80 Å². The Morgan fingerprint density at radius 3 is 1.69 bits per heavy atom. The Bertz CT molecular complexity index is 1660. The van der Waals surface area contributed by atoms with Crippen molar-refractivity contribution in [3.63, 3.8) is 0 Å². The number of para-hydroxylation sites is 4.